The summed E-state index contributed by atoms with van der Waals surface area (Å²) in [6.45, 7) is 16.2. The van der Waals surface area contributed by atoms with Gasteiger partial charge in [-0.05, 0) is 52.9 Å². The fraction of sp³-hybridized carbons (Fsp3) is 0.579. The van der Waals surface area contributed by atoms with Gasteiger partial charge in [-0.1, -0.05) is 65.3 Å². The summed E-state index contributed by atoms with van der Waals surface area (Å²) >= 11 is 0. The summed E-state index contributed by atoms with van der Waals surface area (Å²) in [5.74, 6) is 0. The van der Waals surface area contributed by atoms with Crippen molar-refractivity contribution in [3.8, 4) is 0 Å². The van der Waals surface area contributed by atoms with Crippen LogP contribution in [0.15, 0.2) is 46.1 Å². The van der Waals surface area contributed by atoms with Crippen LogP contribution in [0.1, 0.15) is 61.3 Å². The second-order valence-corrected chi connectivity index (χ2v) is 7.92. The molecule has 0 aliphatic heterocycles. The molecule has 0 heteroatoms. The third-order valence-corrected chi connectivity index (χ3v) is 4.13. The third-order valence-electron chi connectivity index (χ3n) is 4.13. The van der Waals surface area contributed by atoms with Crippen molar-refractivity contribution in [3.63, 3.8) is 0 Å². The second kappa shape index (κ2) is 4.51. The van der Waals surface area contributed by atoms with E-state index in [-0.39, 0.29) is 10.8 Å². The first-order valence-corrected chi connectivity index (χ1v) is 7.44. The van der Waals surface area contributed by atoms with Crippen molar-refractivity contribution in [2.75, 3.05) is 0 Å². The van der Waals surface area contributed by atoms with Crippen LogP contribution >= 0.6 is 0 Å². The van der Waals surface area contributed by atoms with Crippen LogP contribution in [0.5, 0.6) is 0 Å². The van der Waals surface area contributed by atoms with Gasteiger partial charge in [-0.2, -0.15) is 0 Å². The highest BCUT2D eigenvalue weighted by Crippen LogP contribution is 2.47. The van der Waals surface area contributed by atoms with Crippen LogP contribution in [0.3, 0.4) is 0 Å². The highest BCUT2D eigenvalue weighted by molar-refractivity contribution is 5.61. The molecule has 0 unspecified atom stereocenters. The van der Waals surface area contributed by atoms with Gasteiger partial charge in [-0.3, -0.25) is 0 Å². The maximum Gasteiger partial charge on any atom is -0.00826 e. The summed E-state index contributed by atoms with van der Waals surface area (Å²) in [7, 11) is 0. The molecule has 2 aliphatic rings. The fourth-order valence-electron chi connectivity index (χ4n) is 3.50. The summed E-state index contributed by atoms with van der Waals surface area (Å²) in [5.41, 5.74) is 8.15. The first-order valence-electron chi connectivity index (χ1n) is 7.44. The Bertz CT molecular complexity index is 505. The molecule has 2 rings (SSSR count). The third kappa shape index (κ3) is 2.63. The molecule has 0 amide bonds. The van der Waals surface area contributed by atoms with E-state index in [1.165, 1.54) is 16.7 Å². The Kier molecular flexibility index (Phi) is 3.41. The molecular weight excluding hydrogens is 228 g/mol. The van der Waals surface area contributed by atoms with Crippen molar-refractivity contribution in [1.29, 1.82) is 0 Å². The highest BCUT2D eigenvalue weighted by Gasteiger charge is 2.31. The minimum atomic E-state index is 0.235. The van der Waals surface area contributed by atoms with Crippen molar-refractivity contribution < 1.29 is 0 Å². The summed E-state index contributed by atoms with van der Waals surface area (Å²) in [5, 5.41) is 0. The van der Waals surface area contributed by atoms with E-state index in [0.29, 0.717) is 0 Å². The number of rotatable bonds is 1. The molecule has 0 aromatic rings. The predicted molar refractivity (Wildman–Crippen MR) is 85.1 cm³/mol. The van der Waals surface area contributed by atoms with Crippen LogP contribution in [-0.2, 0) is 0 Å². The van der Waals surface area contributed by atoms with Gasteiger partial charge in [0.05, 0.1) is 0 Å². The molecule has 0 heterocycles. The zero-order valence-electron chi connectivity index (χ0n) is 13.6. The molecule has 0 fully saturated rings. The van der Waals surface area contributed by atoms with Crippen molar-refractivity contribution in [3.05, 3.63) is 46.1 Å². The Morgan fingerprint density at radius 2 is 1.47 bits per heavy atom. The highest BCUT2D eigenvalue weighted by atomic mass is 14.4. The number of hydrogen-bond acceptors (Lipinski definition) is 0. The Labute approximate surface area is 119 Å². The van der Waals surface area contributed by atoms with Gasteiger partial charge in [-0.15, -0.1) is 0 Å². The van der Waals surface area contributed by atoms with E-state index >= 15 is 0 Å². The molecule has 0 spiro atoms. The SMILES string of the molecule is CC1=CCC(C2=CCC=C2C(C)(C)C)=C1C(C)(C)C. The molecule has 19 heavy (non-hydrogen) atoms. The van der Waals surface area contributed by atoms with E-state index in [2.05, 4.69) is 66.7 Å². The van der Waals surface area contributed by atoms with Gasteiger partial charge < -0.3 is 0 Å². The van der Waals surface area contributed by atoms with Gasteiger partial charge in [0.1, 0.15) is 0 Å². The van der Waals surface area contributed by atoms with Crippen LogP contribution in [0, 0.1) is 10.8 Å². The van der Waals surface area contributed by atoms with E-state index < -0.39 is 0 Å². The van der Waals surface area contributed by atoms with E-state index in [1.54, 1.807) is 11.1 Å². The average molecular weight is 256 g/mol. The van der Waals surface area contributed by atoms with Gasteiger partial charge >= 0.3 is 0 Å². The second-order valence-electron chi connectivity index (χ2n) is 7.92. The Morgan fingerprint density at radius 3 is 2.00 bits per heavy atom. The summed E-state index contributed by atoms with van der Waals surface area (Å²) < 4.78 is 0. The normalized spacial score (nSPS) is 20.7. The summed E-state index contributed by atoms with van der Waals surface area (Å²) in [6.07, 6.45) is 9.44. The van der Waals surface area contributed by atoms with Gasteiger partial charge in [0.15, 0.2) is 0 Å². The zero-order chi connectivity index (χ0) is 14.4. The van der Waals surface area contributed by atoms with Gasteiger partial charge in [-0.25, -0.2) is 0 Å². The molecule has 0 aromatic carbocycles. The lowest BCUT2D eigenvalue weighted by Gasteiger charge is -2.29. The minimum Gasteiger partial charge on any atom is -0.0769 e. The van der Waals surface area contributed by atoms with Gasteiger partial charge in [0.25, 0.3) is 0 Å². The van der Waals surface area contributed by atoms with Crippen molar-refractivity contribution in [1.82, 2.24) is 0 Å². The lowest BCUT2D eigenvalue weighted by Crippen LogP contribution is -2.15. The van der Waals surface area contributed by atoms with Crippen LogP contribution in [0.4, 0.5) is 0 Å². The fourth-order valence-corrected chi connectivity index (χ4v) is 3.50. The van der Waals surface area contributed by atoms with E-state index in [0.717, 1.165) is 12.8 Å². The van der Waals surface area contributed by atoms with Crippen LogP contribution in [0.25, 0.3) is 0 Å². The summed E-state index contributed by atoms with van der Waals surface area (Å²) in [4.78, 5) is 0. The summed E-state index contributed by atoms with van der Waals surface area (Å²) in [6, 6.07) is 0. The first kappa shape index (κ1) is 14.4. The molecule has 0 nitrogen and oxygen atoms in total. The van der Waals surface area contributed by atoms with Crippen LogP contribution in [0.2, 0.25) is 0 Å². The lowest BCUT2D eigenvalue weighted by molar-refractivity contribution is 0.500. The molecule has 2 aliphatic carbocycles. The molecular formula is C19H28. The lowest BCUT2D eigenvalue weighted by atomic mass is 9.76. The largest absolute Gasteiger partial charge is 0.0769 e. The van der Waals surface area contributed by atoms with Crippen LogP contribution in [-0.4, -0.2) is 0 Å². The van der Waals surface area contributed by atoms with E-state index in [1.807, 2.05) is 0 Å². The molecule has 104 valence electrons. The molecule has 0 radical (unpaired) electrons. The molecule has 0 saturated heterocycles. The molecule has 0 bridgehead atoms. The Balaban J connectivity index is 2.49. The van der Waals surface area contributed by atoms with E-state index in [9.17, 15) is 0 Å². The Hall–Kier alpha value is -1.04. The van der Waals surface area contributed by atoms with E-state index in [4.69, 9.17) is 0 Å². The van der Waals surface area contributed by atoms with Crippen molar-refractivity contribution >= 4 is 0 Å². The predicted octanol–water partition coefficient (Wildman–Crippen LogP) is 5.98. The molecule has 0 saturated carbocycles. The minimum absolute atomic E-state index is 0.235. The monoisotopic (exact) mass is 256 g/mol. The molecule has 0 aromatic heterocycles. The molecule has 0 atom stereocenters. The standard InChI is InChI=1S/C19H28/c1-13-11-12-15(17(13)19(5,6)7)14-9-8-10-16(14)18(2,3)4/h9-11H,8,12H2,1-7H3. The maximum absolute atomic E-state index is 2.42. The smallest absolute Gasteiger partial charge is 0.00826 e. The number of allylic oxidation sites excluding steroid dienone is 8. The topological polar surface area (TPSA) is 0 Å². The van der Waals surface area contributed by atoms with Crippen molar-refractivity contribution in [2.24, 2.45) is 10.8 Å². The first-order chi connectivity index (χ1) is 8.62. The zero-order valence-corrected chi connectivity index (χ0v) is 13.6. The maximum atomic E-state index is 2.42. The Morgan fingerprint density at radius 1 is 0.842 bits per heavy atom. The van der Waals surface area contributed by atoms with Gasteiger partial charge in [0.2, 0.25) is 0 Å². The number of hydrogen-bond donors (Lipinski definition) is 0. The average Bonchev–Trinajstić information content (AvgIpc) is 2.79. The molecule has 0 N–H and O–H groups in total. The van der Waals surface area contributed by atoms with Crippen molar-refractivity contribution in [2.45, 2.75) is 61.3 Å². The van der Waals surface area contributed by atoms with Crippen LogP contribution < -0.4 is 0 Å². The van der Waals surface area contributed by atoms with Gasteiger partial charge in [0, 0.05) is 0 Å². The quantitative estimate of drug-likeness (QED) is 0.541.